The van der Waals surface area contributed by atoms with Crippen molar-refractivity contribution >= 4 is 29.6 Å². The van der Waals surface area contributed by atoms with Gasteiger partial charge in [-0.05, 0) is 48.7 Å². The molecule has 3 aromatic rings. The smallest absolute Gasteiger partial charge is 0.335 e. The summed E-state index contributed by atoms with van der Waals surface area (Å²) >= 11 is 6.16. The molecule has 0 unspecified atom stereocenters. The van der Waals surface area contributed by atoms with Crippen molar-refractivity contribution in [3.8, 4) is 17.4 Å². The molecule has 0 atom stereocenters. The number of hydrogen-bond donors (Lipinski definition) is 2. The number of carboxylic acids is 1. The van der Waals surface area contributed by atoms with Crippen molar-refractivity contribution in [2.24, 2.45) is 0 Å². The van der Waals surface area contributed by atoms with E-state index in [9.17, 15) is 14.9 Å². The van der Waals surface area contributed by atoms with Crippen LogP contribution in [-0.4, -0.2) is 23.5 Å². The maximum absolute atomic E-state index is 12.3. The molecule has 1 heterocycles. The molecular formula is C24H19ClN2O4. The number of amides is 1. The second-order valence-corrected chi connectivity index (χ2v) is 7.12. The minimum absolute atomic E-state index is 0.0699. The van der Waals surface area contributed by atoms with Crippen molar-refractivity contribution in [3.63, 3.8) is 0 Å². The fourth-order valence-corrected chi connectivity index (χ4v) is 3.16. The third kappa shape index (κ3) is 5.84. The number of nitrogens with zero attached hydrogens (tertiary/aromatic N) is 1. The van der Waals surface area contributed by atoms with E-state index in [2.05, 4.69) is 5.32 Å². The zero-order chi connectivity index (χ0) is 22.2. The van der Waals surface area contributed by atoms with Gasteiger partial charge in [0.05, 0.1) is 10.6 Å². The first kappa shape index (κ1) is 21.9. The number of rotatable bonds is 8. The Morgan fingerprint density at radius 2 is 1.90 bits per heavy atom. The van der Waals surface area contributed by atoms with E-state index in [0.29, 0.717) is 22.9 Å². The number of furan rings is 1. The van der Waals surface area contributed by atoms with Crippen LogP contribution >= 0.6 is 11.6 Å². The van der Waals surface area contributed by atoms with Crippen LogP contribution in [0.1, 0.15) is 28.1 Å². The summed E-state index contributed by atoms with van der Waals surface area (Å²) in [5, 5.41) is 21.6. The van der Waals surface area contributed by atoms with Crippen LogP contribution < -0.4 is 5.32 Å². The zero-order valence-electron chi connectivity index (χ0n) is 16.5. The van der Waals surface area contributed by atoms with Gasteiger partial charge in [0.1, 0.15) is 23.2 Å². The van der Waals surface area contributed by atoms with E-state index < -0.39 is 11.9 Å². The lowest BCUT2D eigenvalue weighted by Crippen LogP contribution is -2.25. The minimum atomic E-state index is -1.08. The Morgan fingerprint density at radius 1 is 1.13 bits per heavy atom. The number of aryl methyl sites for hydroxylation is 1. The number of carboxylic acid groups (broad SMARTS) is 1. The Hall–Kier alpha value is -3.82. The van der Waals surface area contributed by atoms with E-state index in [1.807, 2.05) is 36.4 Å². The van der Waals surface area contributed by atoms with Gasteiger partial charge in [-0.15, -0.1) is 0 Å². The van der Waals surface area contributed by atoms with Gasteiger partial charge < -0.3 is 14.8 Å². The first-order chi connectivity index (χ1) is 15.0. The van der Waals surface area contributed by atoms with Gasteiger partial charge in [0.2, 0.25) is 0 Å². The van der Waals surface area contributed by atoms with E-state index in [4.69, 9.17) is 21.1 Å². The van der Waals surface area contributed by atoms with Gasteiger partial charge in [-0.1, -0.05) is 41.9 Å². The fraction of sp³-hybridized carbons (Fsp3) is 0.125. The van der Waals surface area contributed by atoms with Crippen LogP contribution in [-0.2, 0) is 11.2 Å². The summed E-state index contributed by atoms with van der Waals surface area (Å²) in [4.78, 5) is 23.5. The van der Waals surface area contributed by atoms with Crippen molar-refractivity contribution in [1.29, 1.82) is 5.26 Å². The van der Waals surface area contributed by atoms with Crippen molar-refractivity contribution in [1.82, 2.24) is 5.32 Å². The van der Waals surface area contributed by atoms with Gasteiger partial charge in [-0.3, -0.25) is 4.79 Å². The maximum atomic E-state index is 12.3. The highest BCUT2D eigenvalue weighted by atomic mass is 35.5. The third-order valence-corrected chi connectivity index (χ3v) is 4.86. The molecule has 1 amide bonds. The van der Waals surface area contributed by atoms with Gasteiger partial charge >= 0.3 is 5.97 Å². The molecule has 2 aromatic carbocycles. The summed E-state index contributed by atoms with van der Waals surface area (Å²) in [6.45, 7) is 0.438. The summed E-state index contributed by atoms with van der Waals surface area (Å²) in [6, 6.07) is 19.3. The van der Waals surface area contributed by atoms with Crippen molar-refractivity contribution < 1.29 is 19.1 Å². The van der Waals surface area contributed by atoms with Crippen LogP contribution in [0, 0.1) is 11.3 Å². The Kier molecular flexibility index (Phi) is 7.26. The molecule has 3 rings (SSSR count). The summed E-state index contributed by atoms with van der Waals surface area (Å²) in [5.41, 5.74) is 1.57. The zero-order valence-corrected chi connectivity index (χ0v) is 17.2. The summed E-state index contributed by atoms with van der Waals surface area (Å²) in [7, 11) is 0. The molecule has 2 N–H and O–H groups in total. The number of carbonyl (C=O) groups is 2. The fourth-order valence-electron chi connectivity index (χ4n) is 2.95. The molecule has 7 heteroatoms. The minimum Gasteiger partial charge on any atom is -0.478 e. The lowest BCUT2D eigenvalue weighted by atomic mass is 10.1. The monoisotopic (exact) mass is 434 g/mol. The normalized spacial score (nSPS) is 11.0. The van der Waals surface area contributed by atoms with Crippen LogP contribution in [0.3, 0.4) is 0 Å². The molecule has 0 aliphatic heterocycles. The molecule has 0 fully saturated rings. The largest absolute Gasteiger partial charge is 0.478 e. The highest BCUT2D eigenvalue weighted by Crippen LogP contribution is 2.31. The van der Waals surface area contributed by atoms with E-state index in [1.54, 1.807) is 12.1 Å². The molecule has 0 bridgehead atoms. The van der Waals surface area contributed by atoms with Crippen LogP contribution in [0.2, 0.25) is 5.02 Å². The van der Waals surface area contributed by atoms with E-state index >= 15 is 0 Å². The van der Waals surface area contributed by atoms with Crippen LogP contribution in [0.4, 0.5) is 0 Å². The Labute approximate surface area is 184 Å². The average molecular weight is 435 g/mol. The molecule has 6 nitrogen and oxygen atoms in total. The molecule has 156 valence electrons. The van der Waals surface area contributed by atoms with Crippen LogP contribution in [0.15, 0.2) is 70.7 Å². The Balaban J connectivity index is 1.66. The number of nitrogens with one attached hydrogen (secondary N) is 1. The molecule has 0 spiro atoms. The molecular weight excluding hydrogens is 416 g/mol. The Bertz CT molecular complexity index is 1160. The molecule has 0 aliphatic carbocycles. The van der Waals surface area contributed by atoms with Gasteiger partial charge in [-0.2, -0.15) is 5.26 Å². The van der Waals surface area contributed by atoms with Gasteiger partial charge in [0.25, 0.3) is 5.91 Å². The predicted molar refractivity (Wildman–Crippen MR) is 117 cm³/mol. The van der Waals surface area contributed by atoms with Crippen molar-refractivity contribution in [2.45, 2.75) is 12.8 Å². The molecule has 1 aromatic heterocycles. The predicted octanol–water partition coefficient (Wildman–Crippen LogP) is 4.95. The van der Waals surface area contributed by atoms with Gasteiger partial charge in [0, 0.05) is 18.2 Å². The number of nitriles is 1. The highest BCUT2D eigenvalue weighted by Gasteiger charge is 2.14. The first-order valence-electron chi connectivity index (χ1n) is 9.55. The maximum Gasteiger partial charge on any atom is 0.335 e. The summed E-state index contributed by atoms with van der Waals surface area (Å²) in [6.07, 6.45) is 2.91. The molecule has 0 saturated carbocycles. The second-order valence-electron chi connectivity index (χ2n) is 6.72. The summed E-state index contributed by atoms with van der Waals surface area (Å²) < 4.78 is 5.67. The molecule has 0 saturated heterocycles. The lowest BCUT2D eigenvalue weighted by molar-refractivity contribution is -0.117. The van der Waals surface area contributed by atoms with E-state index in [0.717, 1.165) is 12.8 Å². The second kappa shape index (κ2) is 10.3. The highest BCUT2D eigenvalue weighted by molar-refractivity contribution is 6.33. The number of hydrogen-bond acceptors (Lipinski definition) is 4. The van der Waals surface area contributed by atoms with Gasteiger partial charge in [-0.25, -0.2) is 4.79 Å². The first-order valence-corrected chi connectivity index (χ1v) is 9.92. The van der Waals surface area contributed by atoms with Gasteiger partial charge in [0.15, 0.2) is 0 Å². The molecule has 31 heavy (non-hydrogen) atoms. The number of halogens is 1. The number of aromatic carboxylic acids is 1. The quantitative estimate of drug-likeness (QED) is 0.296. The van der Waals surface area contributed by atoms with Crippen molar-refractivity contribution in [3.05, 3.63) is 88.1 Å². The molecule has 0 aliphatic rings. The average Bonchev–Trinajstić information content (AvgIpc) is 3.24. The van der Waals surface area contributed by atoms with Crippen LogP contribution in [0.25, 0.3) is 17.4 Å². The standard InChI is InChI=1S/C24H19ClN2O4/c25-21-10-8-17(24(29)30)14-20(21)22-11-9-19(31-22)13-18(15-26)23(28)27-12-4-7-16-5-2-1-3-6-16/h1-3,5-6,8-11,13-14H,4,7,12H2,(H,27,28)(H,29,30)/b18-13-. The van der Waals surface area contributed by atoms with E-state index in [-0.39, 0.29) is 16.9 Å². The third-order valence-electron chi connectivity index (χ3n) is 4.53. The Morgan fingerprint density at radius 3 is 2.61 bits per heavy atom. The SMILES string of the molecule is N#C/C(=C/c1ccc(-c2cc(C(=O)O)ccc2Cl)o1)C(=O)NCCCc1ccccc1. The van der Waals surface area contributed by atoms with Crippen LogP contribution in [0.5, 0.6) is 0 Å². The topological polar surface area (TPSA) is 103 Å². The number of benzene rings is 2. The van der Waals surface area contributed by atoms with Crippen molar-refractivity contribution in [2.75, 3.05) is 6.54 Å². The molecule has 0 radical (unpaired) electrons. The summed E-state index contributed by atoms with van der Waals surface area (Å²) in [5.74, 6) is -0.956. The number of carbonyl (C=O) groups excluding carboxylic acids is 1. The van der Waals surface area contributed by atoms with E-state index in [1.165, 1.54) is 29.8 Å². The lowest BCUT2D eigenvalue weighted by Gasteiger charge is -2.04.